The van der Waals surface area contributed by atoms with Crippen molar-refractivity contribution in [1.29, 1.82) is 0 Å². The summed E-state index contributed by atoms with van der Waals surface area (Å²) >= 11 is 0.689. The fourth-order valence-electron chi connectivity index (χ4n) is 1.24. The van der Waals surface area contributed by atoms with Crippen molar-refractivity contribution in [3.05, 3.63) is 29.9 Å². The average Bonchev–Trinajstić information content (AvgIpc) is 2.28. The fourth-order valence-corrected chi connectivity index (χ4v) is 2.02. The number of pyridine rings is 1. The van der Waals surface area contributed by atoms with Crippen molar-refractivity contribution in [2.75, 3.05) is 5.75 Å². The van der Waals surface area contributed by atoms with Crippen LogP contribution in [0.5, 0.6) is 0 Å². The van der Waals surface area contributed by atoms with Crippen LogP contribution in [0.1, 0.15) is 18.2 Å². The minimum atomic E-state index is -5.84. The van der Waals surface area contributed by atoms with Gasteiger partial charge in [-0.3, -0.25) is 4.98 Å². The van der Waals surface area contributed by atoms with E-state index in [2.05, 4.69) is 4.98 Å². The van der Waals surface area contributed by atoms with Crippen LogP contribution in [0.15, 0.2) is 17.2 Å². The summed E-state index contributed by atoms with van der Waals surface area (Å²) in [5.74, 6) is -5.00. The summed E-state index contributed by atoms with van der Waals surface area (Å²) in [5.41, 5.74) is -2.05. The number of hydrogen-bond donors (Lipinski definition) is 0. The van der Waals surface area contributed by atoms with Gasteiger partial charge in [-0.25, -0.2) is 0 Å². The van der Waals surface area contributed by atoms with E-state index in [4.69, 9.17) is 0 Å². The normalized spacial score (nSPS) is 13.6. The van der Waals surface area contributed by atoms with Crippen LogP contribution in [0.25, 0.3) is 0 Å². The van der Waals surface area contributed by atoms with Gasteiger partial charge in [-0.1, -0.05) is 6.92 Å². The van der Waals surface area contributed by atoms with E-state index < -0.39 is 40.8 Å². The smallest absolute Gasteiger partial charge is 0.259 e. The lowest BCUT2D eigenvalue weighted by Gasteiger charge is -2.20. The standard InChI is InChI=1S/C11H8F8NS/c1-2-21-8-3-6(10(14,15)16)5-20-7(8)4-9(12,13)11(17,18)19/h3-5H,2H2,1H3. The molecule has 1 nitrogen and oxygen atoms in total. The van der Waals surface area contributed by atoms with Gasteiger partial charge in [-0.05, 0) is 11.8 Å². The van der Waals surface area contributed by atoms with Gasteiger partial charge in [0.05, 0.1) is 17.7 Å². The van der Waals surface area contributed by atoms with Gasteiger partial charge in [0.15, 0.2) is 0 Å². The van der Waals surface area contributed by atoms with Crippen molar-refractivity contribution >= 4 is 11.8 Å². The maximum absolute atomic E-state index is 12.9. The average molecular weight is 338 g/mol. The third kappa shape index (κ3) is 4.45. The molecule has 0 amide bonds. The molecule has 0 bridgehead atoms. The highest BCUT2D eigenvalue weighted by atomic mass is 32.2. The summed E-state index contributed by atoms with van der Waals surface area (Å²) < 4.78 is 99.6. The maximum Gasteiger partial charge on any atom is 0.454 e. The molecule has 0 fully saturated rings. The second kappa shape index (κ2) is 5.98. The van der Waals surface area contributed by atoms with E-state index in [1.54, 1.807) is 0 Å². The molecule has 0 aromatic carbocycles. The lowest BCUT2D eigenvalue weighted by Crippen LogP contribution is -2.37. The van der Waals surface area contributed by atoms with Gasteiger partial charge in [0.2, 0.25) is 0 Å². The summed E-state index contributed by atoms with van der Waals surface area (Å²) in [4.78, 5) is 2.69. The SMILES string of the molecule is CCSc1cc(C(F)(F)F)cnc1[CH]C(F)(F)C(F)(F)F. The first-order chi connectivity index (χ1) is 9.38. The van der Waals surface area contributed by atoms with Crippen LogP contribution in [-0.2, 0) is 6.18 Å². The molecule has 0 saturated carbocycles. The summed E-state index contributed by atoms with van der Waals surface area (Å²) in [7, 11) is 0. The van der Waals surface area contributed by atoms with E-state index in [9.17, 15) is 35.1 Å². The first-order valence-electron chi connectivity index (χ1n) is 5.39. The molecular weight excluding hydrogens is 330 g/mol. The number of aromatic nitrogens is 1. The predicted molar refractivity (Wildman–Crippen MR) is 60.0 cm³/mol. The van der Waals surface area contributed by atoms with Crippen molar-refractivity contribution in [1.82, 2.24) is 4.98 Å². The molecule has 0 spiro atoms. The molecular formula is C11H8F8NS. The first-order valence-corrected chi connectivity index (χ1v) is 6.37. The van der Waals surface area contributed by atoms with Gasteiger partial charge in [0.25, 0.3) is 0 Å². The third-order valence-electron chi connectivity index (χ3n) is 2.20. The lowest BCUT2D eigenvalue weighted by atomic mass is 10.1. The van der Waals surface area contributed by atoms with Crippen LogP contribution in [0.2, 0.25) is 0 Å². The third-order valence-corrected chi connectivity index (χ3v) is 3.13. The summed E-state index contributed by atoms with van der Waals surface area (Å²) in [6.45, 7) is 1.51. The van der Waals surface area contributed by atoms with Crippen molar-refractivity contribution in [2.45, 2.75) is 30.1 Å². The van der Waals surface area contributed by atoms with E-state index in [1.165, 1.54) is 6.92 Å². The summed E-state index contributed by atoms with van der Waals surface area (Å²) in [5, 5.41) is 0. The zero-order valence-corrected chi connectivity index (χ0v) is 11.1. The Balaban J connectivity index is 3.19. The van der Waals surface area contributed by atoms with Crippen LogP contribution in [-0.4, -0.2) is 22.8 Å². The largest absolute Gasteiger partial charge is 0.454 e. The molecule has 119 valence electrons. The van der Waals surface area contributed by atoms with E-state index in [0.29, 0.717) is 17.8 Å². The molecule has 0 unspecified atom stereocenters. The van der Waals surface area contributed by atoms with E-state index >= 15 is 0 Å². The van der Waals surface area contributed by atoms with Crippen molar-refractivity contribution in [3.63, 3.8) is 0 Å². The van der Waals surface area contributed by atoms with Gasteiger partial charge in [-0.2, -0.15) is 35.1 Å². The Kier molecular flexibility index (Phi) is 5.12. The minimum Gasteiger partial charge on any atom is -0.259 e. The summed E-state index contributed by atoms with van der Waals surface area (Å²) in [6.07, 6.45) is -10.9. The summed E-state index contributed by atoms with van der Waals surface area (Å²) in [6, 6.07) is 0.499. The van der Waals surface area contributed by atoms with Crippen LogP contribution < -0.4 is 0 Å². The van der Waals surface area contributed by atoms with E-state index in [0.717, 1.165) is 0 Å². The molecule has 1 radical (unpaired) electrons. The first kappa shape index (κ1) is 18.0. The van der Waals surface area contributed by atoms with Gasteiger partial charge in [0, 0.05) is 11.1 Å². The fraction of sp³-hybridized carbons (Fsp3) is 0.455. The molecule has 0 aliphatic carbocycles. The zero-order valence-electron chi connectivity index (χ0n) is 10.3. The number of halogens is 8. The van der Waals surface area contributed by atoms with Gasteiger partial charge in [0.1, 0.15) is 0 Å². The molecule has 0 N–H and O–H groups in total. The Hall–Kier alpha value is -1.06. The van der Waals surface area contributed by atoms with Crippen molar-refractivity contribution in [3.8, 4) is 0 Å². The zero-order chi connectivity index (χ0) is 16.5. The van der Waals surface area contributed by atoms with Crippen molar-refractivity contribution < 1.29 is 35.1 Å². The number of nitrogens with zero attached hydrogens (tertiary/aromatic N) is 1. The van der Waals surface area contributed by atoms with Crippen LogP contribution in [0.3, 0.4) is 0 Å². The molecule has 1 heterocycles. The molecule has 1 aromatic heterocycles. The van der Waals surface area contributed by atoms with Gasteiger partial charge < -0.3 is 0 Å². The van der Waals surface area contributed by atoms with Gasteiger partial charge >= 0.3 is 18.3 Å². The highest BCUT2D eigenvalue weighted by Gasteiger charge is 2.58. The van der Waals surface area contributed by atoms with Crippen molar-refractivity contribution in [2.24, 2.45) is 0 Å². The minimum absolute atomic E-state index is 0.182. The molecule has 10 heteroatoms. The van der Waals surface area contributed by atoms with E-state index in [1.807, 2.05) is 0 Å². The molecule has 0 saturated heterocycles. The molecule has 1 aromatic rings. The quantitative estimate of drug-likeness (QED) is 0.568. The number of rotatable bonds is 4. The molecule has 0 aliphatic rings. The Morgan fingerprint density at radius 2 is 1.67 bits per heavy atom. The molecule has 0 aliphatic heterocycles. The topological polar surface area (TPSA) is 12.9 Å². The molecule has 1 rings (SSSR count). The van der Waals surface area contributed by atoms with E-state index in [-0.39, 0.29) is 11.9 Å². The molecule has 0 atom stereocenters. The maximum atomic E-state index is 12.9. The monoisotopic (exact) mass is 338 g/mol. The second-order valence-electron chi connectivity index (χ2n) is 3.80. The number of hydrogen-bond acceptors (Lipinski definition) is 2. The second-order valence-corrected chi connectivity index (χ2v) is 5.11. The van der Waals surface area contributed by atoms with Crippen LogP contribution >= 0.6 is 11.8 Å². The lowest BCUT2D eigenvalue weighted by molar-refractivity contribution is -0.265. The predicted octanol–water partition coefficient (Wildman–Crippen LogP) is 4.96. The Morgan fingerprint density at radius 1 is 1.10 bits per heavy atom. The van der Waals surface area contributed by atoms with Crippen LogP contribution in [0.4, 0.5) is 35.1 Å². The Morgan fingerprint density at radius 3 is 2.10 bits per heavy atom. The Labute approximate surface area is 118 Å². The highest BCUT2D eigenvalue weighted by molar-refractivity contribution is 7.99. The highest BCUT2D eigenvalue weighted by Crippen LogP contribution is 2.41. The Bertz CT molecular complexity index is 494. The van der Waals surface area contributed by atoms with Crippen LogP contribution in [0, 0.1) is 6.42 Å². The van der Waals surface area contributed by atoms with Gasteiger partial charge in [-0.15, -0.1) is 11.8 Å². The number of alkyl halides is 8. The molecule has 21 heavy (non-hydrogen) atoms. The number of thioether (sulfide) groups is 1.